The van der Waals surface area contributed by atoms with Gasteiger partial charge < -0.3 is 4.90 Å². The van der Waals surface area contributed by atoms with Gasteiger partial charge in [0.15, 0.2) is 0 Å². The van der Waals surface area contributed by atoms with E-state index in [1.54, 1.807) is 6.08 Å². The Morgan fingerprint density at radius 3 is 2.65 bits per heavy atom. The predicted octanol–water partition coefficient (Wildman–Crippen LogP) is 2.77. The second-order valence-corrected chi connectivity index (χ2v) is 5.99. The highest BCUT2D eigenvalue weighted by Gasteiger charge is 2.40. The fourth-order valence-corrected chi connectivity index (χ4v) is 3.09. The number of nitrogens with zero attached hydrogens (tertiary/aromatic N) is 2. The number of carbonyl (C=O) groups is 1. The zero-order valence-electron chi connectivity index (χ0n) is 11.8. The lowest BCUT2D eigenvalue weighted by Gasteiger charge is -2.37. The van der Waals surface area contributed by atoms with Crippen LogP contribution in [-0.4, -0.2) is 22.9 Å². The molecule has 0 unspecified atom stereocenters. The number of fused-ring (bicyclic) bond motifs is 1. The molecule has 0 bridgehead atoms. The first-order valence-corrected chi connectivity index (χ1v) is 7.11. The van der Waals surface area contributed by atoms with Gasteiger partial charge in [0.1, 0.15) is 0 Å². The smallest absolute Gasteiger partial charge is 0.254 e. The lowest BCUT2D eigenvalue weighted by molar-refractivity contribution is 0.0730. The first-order valence-electron chi connectivity index (χ1n) is 7.11. The van der Waals surface area contributed by atoms with Gasteiger partial charge in [-0.25, -0.2) is 4.79 Å². The van der Waals surface area contributed by atoms with Crippen LogP contribution >= 0.6 is 0 Å². The van der Waals surface area contributed by atoms with Crippen molar-refractivity contribution in [1.82, 2.24) is 4.90 Å². The number of aliphatic imine (C=N–C) groups is 1. The van der Waals surface area contributed by atoms with Gasteiger partial charge >= 0.3 is 0 Å². The summed E-state index contributed by atoms with van der Waals surface area (Å²) >= 11 is 0. The summed E-state index contributed by atoms with van der Waals surface area (Å²) in [5.41, 5.74) is 2.38. The molecule has 0 atom stereocenters. The molecule has 3 rings (SSSR count). The quantitative estimate of drug-likeness (QED) is 0.626. The van der Waals surface area contributed by atoms with Crippen molar-refractivity contribution in [3.63, 3.8) is 0 Å². The molecule has 1 fully saturated rings. The topological polar surface area (TPSA) is 49.7 Å². The third-order valence-electron chi connectivity index (χ3n) is 4.54. The Morgan fingerprint density at radius 1 is 1.35 bits per heavy atom. The van der Waals surface area contributed by atoms with Crippen LogP contribution in [0.5, 0.6) is 0 Å². The zero-order chi connectivity index (χ0) is 14.3. The number of carbonyl (C=O) groups excluding carboxylic acids is 2. The molecule has 1 saturated carbocycles. The molecule has 1 aliphatic heterocycles. The van der Waals surface area contributed by atoms with Crippen LogP contribution in [0.15, 0.2) is 23.2 Å². The fourth-order valence-electron chi connectivity index (χ4n) is 3.09. The Morgan fingerprint density at radius 2 is 2.10 bits per heavy atom. The standard InChI is InChI=1S/C16H18N2O2/c1-11(2)18-9-12-4-5-13(8-14(12)15(18)20)16(17-10-19)6-3-7-16/h4-5,8,11H,3,6-7,9H2,1-2H3. The molecule has 0 spiro atoms. The summed E-state index contributed by atoms with van der Waals surface area (Å²) in [6.45, 7) is 4.72. The number of isocyanates is 1. The molecule has 20 heavy (non-hydrogen) atoms. The lowest BCUT2D eigenvalue weighted by Crippen LogP contribution is -2.32. The predicted molar refractivity (Wildman–Crippen MR) is 75.1 cm³/mol. The second-order valence-electron chi connectivity index (χ2n) is 5.99. The minimum absolute atomic E-state index is 0.0846. The number of hydrogen-bond donors (Lipinski definition) is 0. The highest BCUT2D eigenvalue weighted by molar-refractivity contribution is 5.98. The summed E-state index contributed by atoms with van der Waals surface area (Å²) in [6.07, 6.45) is 4.49. The van der Waals surface area contributed by atoms with Gasteiger partial charge in [-0.1, -0.05) is 12.1 Å². The lowest BCUT2D eigenvalue weighted by atomic mass is 9.72. The molecule has 1 heterocycles. The molecule has 1 aromatic rings. The highest BCUT2D eigenvalue weighted by atomic mass is 16.2. The van der Waals surface area contributed by atoms with Crippen LogP contribution in [0.4, 0.5) is 0 Å². The molecule has 1 aliphatic carbocycles. The van der Waals surface area contributed by atoms with Gasteiger partial charge in [0.25, 0.3) is 5.91 Å². The molecule has 1 amide bonds. The van der Waals surface area contributed by atoms with E-state index < -0.39 is 5.54 Å². The van der Waals surface area contributed by atoms with Crippen LogP contribution in [0.2, 0.25) is 0 Å². The van der Waals surface area contributed by atoms with Crippen LogP contribution in [0, 0.1) is 0 Å². The molecule has 0 saturated heterocycles. The third-order valence-corrected chi connectivity index (χ3v) is 4.54. The summed E-state index contributed by atoms with van der Waals surface area (Å²) < 4.78 is 0. The van der Waals surface area contributed by atoms with Crippen LogP contribution in [0.1, 0.15) is 54.6 Å². The van der Waals surface area contributed by atoms with Crippen LogP contribution in [0.25, 0.3) is 0 Å². The second kappa shape index (κ2) is 4.57. The van der Waals surface area contributed by atoms with E-state index in [9.17, 15) is 9.59 Å². The highest BCUT2D eigenvalue weighted by Crippen LogP contribution is 2.45. The zero-order valence-corrected chi connectivity index (χ0v) is 11.8. The van der Waals surface area contributed by atoms with Gasteiger partial charge in [-0.2, -0.15) is 4.99 Å². The van der Waals surface area contributed by atoms with Crippen molar-refractivity contribution in [3.05, 3.63) is 34.9 Å². The van der Waals surface area contributed by atoms with Gasteiger partial charge in [-0.3, -0.25) is 4.79 Å². The number of amides is 1. The summed E-state index contributed by atoms with van der Waals surface area (Å²) in [5.74, 6) is 0.0846. The van der Waals surface area contributed by atoms with Crippen molar-refractivity contribution in [3.8, 4) is 0 Å². The molecule has 4 heteroatoms. The largest absolute Gasteiger partial charge is 0.332 e. The van der Waals surface area contributed by atoms with E-state index in [0.29, 0.717) is 6.54 Å². The van der Waals surface area contributed by atoms with Crippen molar-refractivity contribution >= 4 is 12.0 Å². The molecule has 2 aliphatic rings. The van der Waals surface area contributed by atoms with Crippen LogP contribution < -0.4 is 0 Å². The van der Waals surface area contributed by atoms with E-state index in [1.807, 2.05) is 36.9 Å². The SMILES string of the molecule is CC(C)N1Cc2ccc(C3(N=C=O)CCC3)cc2C1=O. The minimum atomic E-state index is -0.428. The molecule has 0 radical (unpaired) electrons. The molecular weight excluding hydrogens is 252 g/mol. The van der Waals surface area contributed by atoms with Crippen LogP contribution in [-0.2, 0) is 16.9 Å². The average Bonchev–Trinajstić information content (AvgIpc) is 2.71. The van der Waals surface area contributed by atoms with E-state index in [4.69, 9.17) is 0 Å². The molecule has 0 N–H and O–H groups in total. The van der Waals surface area contributed by atoms with Crippen molar-refractivity contribution in [2.24, 2.45) is 4.99 Å². The van der Waals surface area contributed by atoms with Crippen LogP contribution in [0.3, 0.4) is 0 Å². The molecule has 104 valence electrons. The Balaban J connectivity index is 2.00. The Kier molecular flexibility index (Phi) is 2.98. The van der Waals surface area contributed by atoms with E-state index in [-0.39, 0.29) is 11.9 Å². The Labute approximate surface area is 118 Å². The monoisotopic (exact) mass is 270 g/mol. The summed E-state index contributed by atoms with van der Waals surface area (Å²) in [4.78, 5) is 28.9. The van der Waals surface area contributed by atoms with Crippen molar-refractivity contribution in [2.75, 3.05) is 0 Å². The normalized spacial score (nSPS) is 19.6. The van der Waals surface area contributed by atoms with Crippen molar-refractivity contribution < 1.29 is 9.59 Å². The minimum Gasteiger partial charge on any atom is -0.332 e. The maximum absolute atomic E-state index is 12.4. The average molecular weight is 270 g/mol. The van der Waals surface area contributed by atoms with E-state index in [1.165, 1.54) is 0 Å². The molecule has 0 aromatic heterocycles. The third kappa shape index (κ3) is 1.80. The number of rotatable bonds is 3. The molecule has 1 aromatic carbocycles. The summed E-state index contributed by atoms with van der Waals surface area (Å²) in [6, 6.07) is 6.14. The first kappa shape index (κ1) is 13.1. The van der Waals surface area contributed by atoms with E-state index in [0.717, 1.165) is 36.0 Å². The Hall–Kier alpha value is -1.93. The van der Waals surface area contributed by atoms with E-state index >= 15 is 0 Å². The number of benzene rings is 1. The molecule has 4 nitrogen and oxygen atoms in total. The number of hydrogen-bond acceptors (Lipinski definition) is 3. The van der Waals surface area contributed by atoms with Crippen molar-refractivity contribution in [2.45, 2.75) is 51.2 Å². The maximum Gasteiger partial charge on any atom is 0.254 e. The fraction of sp³-hybridized carbons (Fsp3) is 0.500. The molecular formula is C16H18N2O2. The Bertz CT molecular complexity index is 611. The van der Waals surface area contributed by atoms with Gasteiger partial charge in [-0.15, -0.1) is 0 Å². The summed E-state index contributed by atoms with van der Waals surface area (Å²) in [5, 5.41) is 0. The van der Waals surface area contributed by atoms with Gasteiger partial charge in [0.2, 0.25) is 6.08 Å². The van der Waals surface area contributed by atoms with Gasteiger partial charge in [0.05, 0.1) is 5.54 Å². The maximum atomic E-state index is 12.4. The van der Waals surface area contributed by atoms with Crippen molar-refractivity contribution in [1.29, 1.82) is 0 Å². The van der Waals surface area contributed by atoms with Gasteiger partial charge in [0, 0.05) is 18.2 Å². The summed E-state index contributed by atoms with van der Waals surface area (Å²) in [7, 11) is 0. The van der Waals surface area contributed by atoms with Gasteiger partial charge in [-0.05, 0) is 50.3 Å². The van der Waals surface area contributed by atoms with E-state index in [2.05, 4.69) is 4.99 Å². The first-order chi connectivity index (χ1) is 9.57.